The second-order valence-corrected chi connectivity index (χ2v) is 8.59. The summed E-state index contributed by atoms with van der Waals surface area (Å²) in [5.74, 6) is 0. The van der Waals surface area contributed by atoms with Gasteiger partial charge in [-0.25, -0.2) is 22.3 Å². The molecule has 0 spiro atoms. The zero-order valence-corrected chi connectivity index (χ0v) is 15.4. The average Bonchev–Trinajstić information content (AvgIpc) is 3.25. The topological polar surface area (TPSA) is 76.7 Å². The predicted octanol–water partition coefficient (Wildman–Crippen LogP) is 1.98. The van der Waals surface area contributed by atoms with Crippen LogP contribution in [0.4, 0.5) is 0 Å². The van der Waals surface area contributed by atoms with Gasteiger partial charge < -0.3 is 0 Å². The summed E-state index contributed by atoms with van der Waals surface area (Å²) in [7, 11) is -3.67. The second-order valence-electron chi connectivity index (χ2n) is 6.25. The molecule has 9 heteroatoms. The first kappa shape index (κ1) is 17.3. The smallest absolute Gasteiger partial charge is 0.249 e. The van der Waals surface area contributed by atoms with Crippen molar-refractivity contribution in [2.45, 2.75) is 24.3 Å². The van der Waals surface area contributed by atoms with Gasteiger partial charge in [-0.15, -0.1) is 5.10 Å². The summed E-state index contributed by atoms with van der Waals surface area (Å²) in [6.45, 7) is 1.21. The fraction of sp³-hybridized carbons (Fsp3) is 0.294. The summed E-state index contributed by atoms with van der Waals surface area (Å²) in [4.78, 5) is 12.7. The van der Waals surface area contributed by atoms with Gasteiger partial charge in [0.15, 0.2) is 5.65 Å². The van der Waals surface area contributed by atoms with Crippen LogP contribution < -0.4 is 5.69 Å². The Morgan fingerprint density at radius 1 is 1.12 bits per heavy atom. The number of rotatable bonds is 4. The van der Waals surface area contributed by atoms with E-state index in [4.69, 9.17) is 11.6 Å². The summed E-state index contributed by atoms with van der Waals surface area (Å²) in [5, 5.41) is 4.86. The number of hydrogen-bond acceptors (Lipinski definition) is 4. The van der Waals surface area contributed by atoms with E-state index in [9.17, 15) is 13.2 Å². The molecule has 1 saturated heterocycles. The Morgan fingerprint density at radius 2 is 1.88 bits per heavy atom. The van der Waals surface area contributed by atoms with E-state index in [0.29, 0.717) is 18.1 Å². The quantitative estimate of drug-likeness (QED) is 0.680. The highest BCUT2D eigenvalue weighted by Gasteiger charge is 2.30. The molecule has 2 aromatic heterocycles. The molecule has 0 unspecified atom stereocenters. The molecule has 26 heavy (non-hydrogen) atoms. The molecule has 0 saturated carbocycles. The Kier molecular flexibility index (Phi) is 4.34. The molecule has 0 radical (unpaired) electrons. The van der Waals surface area contributed by atoms with Gasteiger partial charge in [0.25, 0.3) is 0 Å². The molecule has 0 aliphatic carbocycles. The Bertz CT molecular complexity index is 1130. The van der Waals surface area contributed by atoms with Crippen LogP contribution in [0.1, 0.15) is 18.4 Å². The van der Waals surface area contributed by atoms with E-state index < -0.39 is 15.7 Å². The minimum absolute atomic E-state index is 0.0591. The van der Waals surface area contributed by atoms with E-state index in [2.05, 4.69) is 5.10 Å². The number of halogens is 1. The van der Waals surface area contributed by atoms with Gasteiger partial charge in [-0.3, -0.25) is 0 Å². The summed E-state index contributed by atoms with van der Waals surface area (Å²) >= 11 is 5.99. The predicted molar refractivity (Wildman–Crippen MR) is 98.0 cm³/mol. The lowest BCUT2D eigenvalue weighted by atomic mass is 10.2. The van der Waals surface area contributed by atoms with Gasteiger partial charge in [0, 0.05) is 24.3 Å². The third-order valence-electron chi connectivity index (χ3n) is 4.48. The summed E-state index contributed by atoms with van der Waals surface area (Å²) in [6.07, 6.45) is 3.22. The summed E-state index contributed by atoms with van der Waals surface area (Å²) in [5.41, 5.74) is 0.567. The molecule has 1 fully saturated rings. The number of pyridine rings is 1. The molecule has 1 aliphatic rings. The van der Waals surface area contributed by atoms with Crippen molar-refractivity contribution in [2.75, 3.05) is 13.1 Å². The van der Waals surface area contributed by atoms with Gasteiger partial charge in [0.2, 0.25) is 10.0 Å². The van der Waals surface area contributed by atoms with Crippen LogP contribution in [0.25, 0.3) is 5.65 Å². The van der Waals surface area contributed by atoms with Crippen LogP contribution in [0.2, 0.25) is 5.02 Å². The molecule has 3 aromatic rings. The molecular formula is C17H17ClN4O3S. The van der Waals surface area contributed by atoms with E-state index in [1.807, 2.05) is 6.07 Å². The molecule has 0 N–H and O–H groups in total. The van der Waals surface area contributed by atoms with Gasteiger partial charge in [-0.2, -0.15) is 4.31 Å². The highest BCUT2D eigenvalue weighted by molar-refractivity contribution is 7.89. The molecule has 4 rings (SSSR count). The molecule has 0 bridgehead atoms. The van der Waals surface area contributed by atoms with Crippen molar-refractivity contribution in [3.05, 3.63) is 63.7 Å². The monoisotopic (exact) mass is 392 g/mol. The summed E-state index contributed by atoms with van der Waals surface area (Å²) in [6, 6.07) is 10.2. The van der Waals surface area contributed by atoms with Gasteiger partial charge in [0.1, 0.15) is 4.90 Å². The number of benzene rings is 1. The van der Waals surface area contributed by atoms with Crippen LogP contribution in [-0.4, -0.2) is 40.0 Å². The van der Waals surface area contributed by atoms with Crippen LogP contribution in [0.15, 0.2) is 52.3 Å². The first-order valence-electron chi connectivity index (χ1n) is 8.29. The third-order valence-corrected chi connectivity index (χ3v) is 6.63. The molecular weight excluding hydrogens is 376 g/mol. The highest BCUT2D eigenvalue weighted by Crippen LogP contribution is 2.23. The van der Waals surface area contributed by atoms with Crippen LogP contribution in [0.5, 0.6) is 0 Å². The summed E-state index contributed by atoms with van der Waals surface area (Å²) < 4.78 is 29.8. The molecule has 1 aliphatic heterocycles. The lowest BCUT2D eigenvalue weighted by Crippen LogP contribution is -2.28. The zero-order valence-electron chi connectivity index (χ0n) is 13.9. The number of sulfonamides is 1. The van der Waals surface area contributed by atoms with Crippen LogP contribution in [-0.2, 0) is 16.6 Å². The van der Waals surface area contributed by atoms with Crippen molar-refractivity contribution >= 4 is 27.3 Å². The fourth-order valence-electron chi connectivity index (χ4n) is 3.19. The maximum atomic E-state index is 12.9. The fourth-order valence-corrected chi connectivity index (χ4v) is 5.04. The first-order valence-corrected chi connectivity index (χ1v) is 10.1. The number of nitrogens with zero attached hydrogens (tertiary/aromatic N) is 4. The van der Waals surface area contributed by atoms with Crippen LogP contribution >= 0.6 is 11.6 Å². The highest BCUT2D eigenvalue weighted by atomic mass is 35.5. The van der Waals surface area contributed by atoms with E-state index in [1.165, 1.54) is 25.7 Å². The SMILES string of the molecule is O=c1n(Cc2cccc(Cl)c2)nc2c(S(=O)(=O)N3CCCC3)cccn12. The van der Waals surface area contributed by atoms with E-state index in [1.54, 1.807) is 24.3 Å². The number of hydrogen-bond donors (Lipinski definition) is 0. The van der Waals surface area contributed by atoms with Crippen molar-refractivity contribution in [1.29, 1.82) is 0 Å². The Labute approximate surface area is 155 Å². The molecule has 7 nitrogen and oxygen atoms in total. The van der Waals surface area contributed by atoms with E-state index >= 15 is 0 Å². The lowest BCUT2D eigenvalue weighted by Gasteiger charge is -2.15. The third kappa shape index (κ3) is 2.94. The van der Waals surface area contributed by atoms with Gasteiger partial charge in [-0.1, -0.05) is 23.7 Å². The Morgan fingerprint density at radius 3 is 2.62 bits per heavy atom. The molecule has 1 aromatic carbocycles. The maximum absolute atomic E-state index is 12.9. The second kappa shape index (κ2) is 6.53. The minimum atomic E-state index is -3.67. The van der Waals surface area contributed by atoms with E-state index in [-0.39, 0.29) is 17.1 Å². The largest absolute Gasteiger partial charge is 0.350 e. The van der Waals surface area contributed by atoms with Gasteiger partial charge in [-0.05, 0) is 42.7 Å². The van der Waals surface area contributed by atoms with Crippen molar-refractivity contribution in [3.63, 3.8) is 0 Å². The Balaban J connectivity index is 1.81. The molecule has 0 amide bonds. The number of fused-ring (bicyclic) bond motifs is 1. The minimum Gasteiger partial charge on any atom is -0.249 e. The van der Waals surface area contributed by atoms with Crippen molar-refractivity contribution < 1.29 is 8.42 Å². The van der Waals surface area contributed by atoms with Crippen LogP contribution in [0.3, 0.4) is 0 Å². The maximum Gasteiger partial charge on any atom is 0.350 e. The van der Waals surface area contributed by atoms with E-state index in [0.717, 1.165) is 18.4 Å². The number of aromatic nitrogens is 3. The Hall–Kier alpha value is -2.16. The van der Waals surface area contributed by atoms with Crippen molar-refractivity contribution in [2.24, 2.45) is 0 Å². The van der Waals surface area contributed by atoms with Gasteiger partial charge in [0.05, 0.1) is 6.54 Å². The average molecular weight is 393 g/mol. The molecule has 136 valence electrons. The molecule has 0 atom stereocenters. The van der Waals surface area contributed by atoms with Crippen molar-refractivity contribution in [1.82, 2.24) is 18.5 Å². The zero-order chi connectivity index (χ0) is 18.3. The normalized spacial score (nSPS) is 15.7. The standard InChI is InChI=1S/C17H17ClN4O3S/c18-14-6-3-5-13(11-14)12-22-17(23)21-10-4-7-15(16(21)19-22)26(24,25)20-8-1-2-9-20/h3-7,10-11H,1-2,8-9,12H2. The van der Waals surface area contributed by atoms with Crippen molar-refractivity contribution in [3.8, 4) is 0 Å². The van der Waals surface area contributed by atoms with Gasteiger partial charge >= 0.3 is 5.69 Å². The van der Waals surface area contributed by atoms with Crippen LogP contribution in [0, 0.1) is 0 Å². The first-order chi connectivity index (χ1) is 12.5. The lowest BCUT2D eigenvalue weighted by molar-refractivity contribution is 0.477. The molecule has 3 heterocycles.